The Hall–Kier alpha value is -3.92. The van der Waals surface area contributed by atoms with Gasteiger partial charge in [-0.2, -0.15) is 0 Å². The second-order valence-corrected chi connectivity index (χ2v) is 6.71. The van der Waals surface area contributed by atoms with E-state index in [1.165, 1.54) is 24.3 Å². The molecule has 1 unspecified atom stereocenters. The molecule has 2 amide bonds. The maximum absolute atomic E-state index is 13.1. The predicted molar refractivity (Wildman–Crippen MR) is 111 cm³/mol. The first-order chi connectivity index (χ1) is 15.2. The van der Waals surface area contributed by atoms with Crippen molar-refractivity contribution in [1.82, 2.24) is 10.8 Å². The van der Waals surface area contributed by atoms with Crippen molar-refractivity contribution in [2.75, 3.05) is 7.11 Å². The Labute approximate surface area is 183 Å². The molecule has 0 spiro atoms. The van der Waals surface area contributed by atoms with Crippen LogP contribution in [0.15, 0.2) is 48.5 Å². The molecule has 0 radical (unpaired) electrons. The van der Waals surface area contributed by atoms with Crippen LogP contribution in [-0.4, -0.2) is 47.3 Å². The zero-order valence-electron chi connectivity index (χ0n) is 17.1. The minimum absolute atomic E-state index is 0.0284. The van der Waals surface area contributed by atoms with E-state index in [9.17, 15) is 23.5 Å². The van der Waals surface area contributed by atoms with Crippen LogP contribution in [0.5, 0.6) is 5.75 Å². The van der Waals surface area contributed by atoms with Crippen molar-refractivity contribution >= 4 is 11.8 Å². The number of methoxy groups -OCH3 is 1. The van der Waals surface area contributed by atoms with Crippen molar-refractivity contribution in [3.05, 3.63) is 65.2 Å². The summed E-state index contributed by atoms with van der Waals surface area (Å²) in [6.07, 6.45) is -3.36. The number of hydrogen-bond acceptors (Lipinski definition) is 5. The Balaban J connectivity index is 2.08. The van der Waals surface area contributed by atoms with Crippen LogP contribution in [0.2, 0.25) is 0 Å². The lowest BCUT2D eigenvalue weighted by molar-refractivity contribution is -0.149. The first-order valence-corrected chi connectivity index (χ1v) is 9.20. The Morgan fingerprint density at radius 2 is 1.50 bits per heavy atom. The largest absolute Gasteiger partial charge is 0.497 e. The summed E-state index contributed by atoms with van der Waals surface area (Å²) in [6.45, 7) is 0.670. The fourth-order valence-electron chi connectivity index (χ4n) is 2.47. The molecule has 7 nitrogen and oxygen atoms in total. The molecule has 2 rings (SSSR count). The highest BCUT2D eigenvalue weighted by Gasteiger charge is 2.46. The Morgan fingerprint density at radius 1 is 1.00 bits per heavy atom. The third-order valence-corrected chi connectivity index (χ3v) is 4.39. The number of carbonyl (C=O) groups excluding carboxylic acids is 2. The van der Waals surface area contributed by atoms with Crippen LogP contribution in [0, 0.1) is 23.7 Å². The summed E-state index contributed by atoms with van der Waals surface area (Å²) in [6, 6.07) is 10.8. The molecule has 0 aliphatic heterocycles. The van der Waals surface area contributed by atoms with Crippen LogP contribution >= 0.6 is 0 Å². The van der Waals surface area contributed by atoms with Crippen LogP contribution in [-0.2, 0) is 4.79 Å². The molecule has 0 bridgehead atoms. The molecule has 2 aromatic rings. The second kappa shape index (κ2) is 10.9. The number of aliphatic hydroxyl groups is 1. The van der Waals surface area contributed by atoms with Gasteiger partial charge in [-0.3, -0.25) is 14.8 Å². The van der Waals surface area contributed by atoms with Crippen molar-refractivity contribution in [3.8, 4) is 29.4 Å². The molecular formula is C23H20F2N2O5. The van der Waals surface area contributed by atoms with E-state index in [4.69, 9.17) is 9.94 Å². The highest BCUT2D eigenvalue weighted by molar-refractivity contribution is 5.97. The minimum atomic E-state index is -3.36. The molecule has 9 heteroatoms. The molecule has 32 heavy (non-hydrogen) atoms. The highest BCUT2D eigenvalue weighted by Crippen LogP contribution is 2.20. The van der Waals surface area contributed by atoms with Crippen LogP contribution < -0.4 is 15.5 Å². The summed E-state index contributed by atoms with van der Waals surface area (Å²) in [5.74, 6) is 9.46. The predicted octanol–water partition coefficient (Wildman–Crippen LogP) is 1.72. The van der Waals surface area contributed by atoms with E-state index >= 15 is 0 Å². The number of hydrogen-bond donors (Lipinski definition) is 4. The molecule has 0 aromatic heterocycles. The monoisotopic (exact) mass is 442 g/mol. The summed E-state index contributed by atoms with van der Waals surface area (Å²) < 4.78 is 31.2. The van der Waals surface area contributed by atoms with Crippen molar-refractivity contribution in [1.29, 1.82) is 0 Å². The van der Waals surface area contributed by atoms with Crippen molar-refractivity contribution < 1.29 is 33.4 Å². The summed E-state index contributed by atoms with van der Waals surface area (Å²) >= 11 is 0. The number of halogens is 2. The summed E-state index contributed by atoms with van der Waals surface area (Å²) in [5, 5.41) is 20.6. The van der Waals surface area contributed by atoms with Crippen LogP contribution in [0.3, 0.4) is 0 Å². The van der Waals surface area contributed by atoms with Crippen molar-refractivity contribution in [2.24, 2.45) is 0 Å². The van der Waals surface area contributed by atoms with Gasteiger partial charge in [0, 0.05) is 16.7 Å². The molecule has 0 saturated carbocycles. The first-order valence-electron chi connectivity index (χ1n) is 9.20. The van der Waals surface area contributed by atoms with E-state index in [1.807, 2.05) is 5.32 Å². The SMILES string of the molecule is COc1ccc(C#CC#Cc2ccc(C(=O)N[C@H](C(=O)NO)C(C)(O)C(F)F)cc2)cc1. The molecule has 0 heterocycles. The lowest BCUT2D eigenvalue weighted by Gasteiger charge is -2.30. The number of ether oxygens (including phenoxy) is 1. The minimum Gasteiger partial charge on any atom is -0.497 e. The second-order valence-electron chi connectivity index (χ2n) is 6.71. The van der Waals surface area contributed by atoms with E-state index in [0.717, 1.165) is 11.0 Å². The maximum Gasteiger partial charge on any atom is 0.269 e. The molecule has 4 N–H and O–H groups in total. The van der Waals surface area contributed by atoms with E-state index in [-0.39, 0.29) is 5.56 Å². The number of alkyl halides is 2. The number of amides is 2. The van der Waals surface area contributed by atoms with Gasteiger partial charge in [0.2, 0.25) is 0 Å². The quantitative estimate of drug-likeness (QED) is 0.310. The van der Waals surface area contributed by atoms with Gasteiger partial charge >= 0.3 is 0 Å². The van der Waals surface area contributed by atoms with Gasteiger partial charge in [-0.25, -0.2) is 14.3 Å². The Bertz CT molecular complexity index is 1080. The zero-order valence-corrected chi connectivity index (χ0v) is 17.1. The lowest BCUT2D eigenvalue weighted by atomic mass is 9.95. The molecule has 166 valence electrons. The normalized spacial score (nSPS) is 12.8. The van der Waals surface area contributed by atoms with Gasteiger partial charge < -0.3 is 15.2 Å². The number of hydroxylamine groups is 1. The molecule has 0 saturated heterocycles. The van der Waals surface area contributed by atoms with Gasteiger partial charge in [-0.05, 0) is 67.3 Å². The molecular weight excluding hydrogens is 422 g/mol. The molecule has 0 fully saturated rings. The Kier molecular flexibility index (Phi) is 8.31. The maximum atomic E-state index is 13.1. The van der Waals surface area contributed by atoms with Gasteiger partial charge in [-0.1, -0.05) is 11.8 Å². The smallest absolute Gasteiger partial charge is 0.269 e. The fourth-order valence-corrected chi connectivity index (χ4v) is 2.47. The highest BCUT2D eigenvalue weighted by atomic mass is 19.3. The number of carbonyl (C=O) groups is 2. The first kappa shape index (κ1) is 24.4. The number of benzene rings is 2. The molecule has 0 aliphatic rings. The van der Waals surface area contributed by atoms with E-state index in [2.05, 4.69) is 23.7 Å². The van der Waals surface area contributed by atoms with Gasteiger partial charge in [0.25, 0.3) is 18.2 Å². The average Bonchev–Trinajstić information content (AvgIpc) is 2.80. The fraction of sp³-hybridized carbons (Fsp3) is 0.217. The Morgan fingerprint density at radius 3 is 1.94 bits per heavy atom. The van der Waals surface area contributed by atoms with Gasteiger partial charge in [0.05, 0.1) is 7.11 Å². The molecule has 2 aromatic carbocycles. The third kappa shape index (κ3) is 6.29. The van der Waals surface area contributed by atoms with Crippen LogP contribution in [0.4, 0.5) is 8.78 Å². The summed E-state index contributed by atoms with van der Waals surface area (Å²) in [5.41, 5.74) is -0.430. The van der Waals surface area contributed by atoms with Crippen molar-refractivity contribution in [3.63, 3.8) is 0 Å². The van der Waals surface area contributed by atoms with E-state index in [1.54, 1.807) is 31.4 Å². The molecule has 2 atom stereocenters. The van der Waals surface area contributed by atoms with E-state index in [0.29, 0.717) is 18.2 Å². The zero-order chi connectivity index (χ0) is 23.7. The van der Waals surface area contributed by atoms with Crippen LogP contribution in [0.1, 0.15) is 28.4 Å². The molecule has 0 aliphatic carbocycles. The average molecular weight is 442 g/mol. The summed E-state index contributed by atoms with van der Waals surface area (Å²) in [4.78, 5) is 24.0. The topological polar surface area (TPSA) is 108 Å². The van der Waals surface area contributed by atoms with Crippen LogP contribution in [0.25, 0.3) is 0 Å². The number of rotatable bonds is 6. The third-order valence-electron chi connectivity index (χ3n) is 4.39. The lowest BCUT2D eigenvalue weighted by Crippen LogP contribution is -2.61. The van der Waals surface area contributed by atoms with E-state index < -0.39 is 29.9 Å². The van der Waals surface area contributed by atoms with Gasteiger partial charge in [0.15, 0.2) is 5.60 Å². The standard InChI is InChI=1S/C23H20F2N2O5/c1-23(30,22(24)25)19(21(29)27-31)26-20(28)17-11-7-15(8-12-17)5-3-4-6-16-9-13-18(32-2)14-10-16/h7-14,19,22,30-31H,1-2H3,(H,26,28)(H,27,29)/t19-,23?/m1/s1. The summed E-state index contributed by atoms with van der Waals surface area (Å²) in [7, 11) is 1.57. The van der Waals surface area contributed by atoms with Crippen molar-refractivity contribution in [2.45, 2.75) is 25.0 Å². The van der Waals surface area contributed by atoms with Gasteiger partial charge in [0.1, 0.15) is 11.8 Å². The van der Waals surface area contributed by atoms with Gasteiger partial charge in [-0.15, -0.1) is 0 Å². The number of nitrogens with one attached hydrogen (secondary N) is 2.